The number of amides is 1. The Kier molecular flexibility index (Phi) is 7.31. The molecular weight excluding hydrogens is 493 g/mol. The van der Waals surface area contributed by atoms with E-state index in [1.165, 1.54) is 16.8 Å². The molecule has 2 heterocycles. The molecule has 1 saturated heterocycles. The predicted molar refractivity (Wildman–Crippen MR) is 148 cm³/mol. The topological polar surface area (TPSA) is 36.0 Å². The van der Waals surface area contributed by atoms with Crippen LogP contribution in [0.1, 0.15) is 35.9 Å². The van der Waals surface area contributed by atoms with Crippen molar-refractivity contribution in [2.24, 2.45) is 0 Å². The van der Waals surface area contributed by atoms with E-state index in [4.69, 9.17) is 27.9 Å². The minimum absolute atomic E-state index is 0.130. The smallest absolute Gasteiger partial charge is 0.222 e. The lowest BCUT2D eigenvalue weighted by molar-refractivity contribution is -0.131. The molecule has 0 spiro atoms. The van der Waals surface area contributed by atoms with Crippen LogP contribution in [0.25, 0.3) is 0 Å². The number of rotatable bonds is 6. The van der Waals surface area contributed by atoms with Crippen LogP contribution in [0, 0.1) is 0 Å². The van der Waals surface area contributed by atoms with Crippen LogP contribution in [0.2, 0.25) is 10.0 Å². The molecule has 0 saturated carbocycles. The Morgan fingerprint density at radius 2 is 1.61 bits per heavy atom. The molecule has 0 aromatic heterocycles. The van der Waals surface area contributed by atoms with Gasteiger partial charge < -0.3 is 19.4 Å². The van der Waals surface area contributed by atoms with Crippen LogP contribution in [-0.4, -0.2) is 51.1 Å². The zero-order valence-electron chi connectivity index (χ0n) is 20.7. The SMILES string of the molecule is COc1ccccc1N1CCN(C(=O)CC[C@@H]2c3cc(Cl)ccc3N(C)[C@@H]2c2ccc(Cl)cc2)CC1. The van der Waals surface area contributed by atoms with E-state index in [0.717, 1.165) is 41.0 Å². The molecule has 0 bridgehead atoms. The first-order valence-electron chi connectivity index (χ1n) is 12.4. The maximum atomic E-state index is 13.3. The maximum Gasteiger partial charge on any atom is 0.222 e. The minimum atomic E-state index is 0.130. The van der Waals surface area contributed by atoms with E-state index >= 15 is 0 Å². The molecule has 1 amide bonds. The number of ether oxygens (including phenoxy) is 1. The van der Waals surface area contributed by atoms with Gasteiger partial charge in [0.15, 0.2) is 0 Å². The lowest BCUT2D eigenvalue weighted by Crippen LogP contribution is -2.48. The van der Waals surface area contributed by atoms with Crippen LogP contribution in [0.15, 0.2) is 66.7 Å². The monoisotopic (exact) mass is 523 g/mol. The fourth-order valence-electron chi connectivity index (χ4n) is 5.69. The number of piperazine rings is 1. The van der Waals surface area contributed by atoms with Gasteiger partial charge in [0.2, 0.25) is 5.91 Å². The molecule has 0 N–H and O–H groups in total. The second kappa shape index (κ2) is 10.6. The van der Waals surface area contributed by atoms with E-state index in [9.17, 15) is 4.79 Å². The Morgan fingerprint density at radius 3 is 2.33 bits per heavy atom. The molecule has 188 valence electrons. The van der Waals surface area contributed by atoms with Crippen molar-refractivity contribution in [3.63, 3.8) is 0 Å². The van der Waals surface area contributed by atoms with Crippen LogP contribution < -0.4 is 14.5 Å². The van der Waals surface area contributed by atoms with Gasteiger partial charge in [0.25, 0.3) is 0 Å². The molecule has 2 aliphatic heterocycles. The summed E-state index contributed by atoms with van der Waals surface area (Å²) < 4.78 is 5.52. The van der Waals surface area contributed by atoms with Crippen molar-refractivity contribution in [3.8, 4) is 5.75 Å². The number of para-hydroxylation sites is 2. The summed E-state index contributed by atoms with van der Waals surface area (Å²) in [7, 11) is 3.81. The molecular formula is C29H31Cl2N3O2. The van der Waals surface area contributed by atoms with Crippen molar-refractivity contribution in [2.75, 3.05) is 50.1 Å². The highest BCUT2D eigenvalue weighted by Gasteiger charge is 2.38. The maximum absolute atomic E-state index is 13.3. The van der Waals surface area contributed by atoms with E-state index in [2.05, 4.69) is 47.2 Å². The largest absolute Gasteiger partial charge is 0.495 e. The number of halogens is 2. The molecule has 3 aromatic carbocycles. The van der Waals surface area contributed by atoms with Gasteiger partial charge >= 0.3 is 0 Å². The number of methoxy groups -OCH3 is 1. The van der Waals surface area contributed by atoms with Crippen LogP contribution in [-0.2, 0) is 4.79 Å². The van der Waals surface area contributed by atoms with Crippen molar-refractivity contribution in [1.82, 2.24) is 4.90 Å². The summed E-state index contributed by atoms with van der Waals surface area (Å²) in [6, 6.07) is 22.3. The number of hydrogen-bond acceptors (Lipinski definition) is 4. The van der Waals surface area contributed by atoms with E-state index in [0.29, 0.717) is 19.5 Å². The highest BCUT2D eigenvalue weighted by molar-refractivity contribution is 6.31. The first kappa shape index (κ1) is 24.8. The minimum Gasteiger partial charge on any atom is -0.495 e. The standard InChI is InChI=1S/C29H31Cl2N3O2/c1-32-25-13-11-22(31)19-24(25)23(29(32)20-7-9-21(30)10-8-20)12-14-28(35)34-17-15-33(16-18-34)26-5-3-4-6-27(26)36-2/h3-11,13,19,23,29H,12,14-18H2,1-2H3/t23-,29-/m1/s1. The first-order valence-corrected chi connectivity index (χ1v) is 13.2. The number of carbonyl (C=O) groups excluding carboxylic acids is 1. The molecule has 0 radical (unpaired) electrons. The van der Waals surface area contributed by atoms with Crippen molar-refractivity contribution < 1.29 is 9.53 Å². The number of fused-ring (bicyclic) bond motifs is 1. The average Bonchev–Trinajstić information content (AvgIpc) is 3.18. The van der Waals surface area contributed by atoms with Crippen LogP contribution in [0.5, 0.6) is 5.75 Å². The van der Waals surface area contributed by atoms with Gasteiger partial charge in [-0.25, -0.2) is 0 Å². The highest BCUT2D eigenvalue weighted by atomic mass is 35.5. The second-order valence-corrected chi connectivity index (χ2v) is 10.4. The third kappa shape index (κ3) is 4.87. The predicted octanol–water partition coefficient (Wildman–Crippen LogP) is 6.41. The number of carbonyl (C=O) groups is 1. The van der Waals surface area contributed by atoms with Crippen molar-refractivity contribution >= 4 is 40.5 Å². The zero-order valence-corrected chi connectivity index (χ0v) is 22.2. The Hall–Kier alpha value is -2.89. The summed E-state index contributed by atoms with van der Waals surface area (Å²) in [4.78, 5) is 19.9. The molecule has 2 aliphatic rings. The third-order valence-corrected chi connectivity index (χ3v) is 7.99. The summed E-state index contributed by atoms with van der Waals surface area (Å²) in [6.45, 7) is 3.02. The van der Waals surface area contributed by atoms with Gasteiger partial charge in [0.05, 0.1) is 18.8 Å². The lowest BCUT2D eigenvalue weighted by atomic mass is 9.86. The molecule has 7 heteroatoms. The van der Waals surface area contributed by atoms with Gasteiger partial charge in [-0.05, 0) is 60.0 Å². The fourth-order valence-corrected chi connectivity index (χ4v) is 5.99. The van der Waals surface area contributed by atoms with Gasteiger partial charge in [0.1, 0.15) is 5.75 Å². The van der Waals surface area contributed by atoms with Crippen molar-refractivity contribution in [3.05, 3.63) is 87.9 Å². The van der Waals surface area contributed by atoms with Crippen LogP contribution in [0.3, 0.4) is 0 Å². The van der Waals surface area contributed by atoms with Gasteiger partial charge in [-0.3, -0.25) is 4.79 Å². The number of nitrogens with zero attached hydrogens (tertiary/aromatic N) is 3. The summed E-state index contributed by atoms with van der Waals surface area (Å²) in [6.07, 6.45) is 1.26. The number of likely N-dealkylation sites (N-methyl/N-ethyl adjacent to an activating group) is 1. The van der Waals surface area contributed by atoms with Crippen LogP contribution in [0.4, 0.5) is 11.4 Å². The molecule has 1 fully saturated rings. The van der Waals surface area contributed by atoms with Crippen molar-refractivity contribution in [1.29, 1.82) is 0 Å². The Morgan fingerprint density at radius 1 is 0.917 bits per heavy atom. The van der Waals surface area contributed by atoms with Crippen molar-refractivity contribution in [2.45, 2.75) is 24.8 Å². The second-order valence-electron chi connectivity index (χ2n) is 9.50. The third-order valence-electron chi connectivity index (χ3n) is 7.51. The van der Waals surface area contributed by atoms with E-state index < -0.39 is 0 Å². The first-order chi connectivity index (χ1) is 17.5. The average molecular weight is 524 g/mol. The molecule has 0 aliphatic carbocycles. The highest BCUT2D eigenvalue weighted by Crippen LogP contribution is 2.51. The normalized spacial score (nSPS) is 19.4. The van der Waals surface area contributed by atoms with Gasteiger partial charge in [-0.2, -0.15) is 0 Å². The lowest BCUT2D eigenvalue weighted by Gasteiger charge is -2.37. The number of benzene rings is 3. The molecule has 5 rings (SSSR count). The number of anilines is 2. The molecule has 2 atom stereocenters. The Bertz CT molecular complexity index is 1230. The molecule has 0 unspecified atom stereocenters. The fraction of sp³-hybridized carbons (Fsp3) is 0.345. The van der Waals surface area contributed by atoms with Crippen LogP contribution >= 0.6 is 23.2 Å². The number of hydrogen-bond donors (Lipinski definition) is 0. The molecule has 3 aromatic rings. The summed E-state index contributed by atoms with van der Waals surface area (Å²) in [5.41, 5.74) is 4.65. The Balaban J connectivity index is 1.28. The summed E-state index contributed by atoms with van der Waals surface area (Å²) >= 11 is 12.6. The quantitative estimate of drug-likeness (QED) is 0.374. The summed E-state index contributed by atoms with van der Waals surface area (Å²) in [5, 5.41) is 1.45. The van der Waals surface area contributed by atoms with E-state index in [-0.39, 0.29) is 17.9 Å². The van der Waals surface area contributed by atoms with Gasteiger partial charge in [-0.1, -0.05) is 47.5 Å². The van der Waals surface area contributed by atoms with Gasteiger partial charge in [0, 0.05) is 61.3 Å². The van der Waals surface area contributed by atoms with Gasteiger partial charge in [-0.15, -0.1) is 0 Å². The zero-order chi connectivity index (χ0) is 25.2. The van der Waals surface area contributed by atoms with E-state index in [1.54, 1.807) is 7.11 Å². The molecule has 5 nitrogen and oxygen atoms in total. The molecule has 36 heavy (non-hydrogen) atoms. The summed E-state index contributed by atoms with van der Waals surface area (Å²) in [5.74, 6) is 1.25. The Labute approximate surface area is 223 Å². The van der Waals surface area contributed by atoms with E-state index in [1.807, 2.05) is 41.3 Å².